The molecular formula is C25H24O3S. The largest absolute Gasteiger partial charge is 0.484 e. The van der Waals surface area contributed by atoms with Crippen LogP contribution in [0, 0.1) is 0 Å². The van der Waals surface area contributed by atoms with Crippen molar-refractivity contribution in [1.29, 1.82) is 0 Å². The predicted octanol–water partition coefficient (Wildman–Crippen LogP) is 5.82. The Kier molecular flexibility index (Phi) is 7.03. The maximum absolute atomic E-state index is 6.33. The molecule has 1 heterocycles. The van der Waals surface area contributed by atoms with E-state index in [9.17, 15) is 0 Å². The summed E-state index contributed by atoms with van der Waals surface area (Å²) < 4.78 is 18.5. The molecule has 0 spiro atoms. The number of rotatable bonds is 8. The van der Waals surface area contributed by atoms with E-state index in [0.717, 1.165) is 16.0 Å². The highest BCUT2D eigenvalue weighted by Gasteiger charge is 2.35. The summed E-state index contributed by atoms with van der Waals surface area (Å²) in [5.74, 6) is 0. The lowest BCUT2D eigenvalue weighted by Gasteiger charge is -2.34. The highest BCUT2D eigenvalue weighted by molar-refractivity contribution is 7.99. The van der Waals surface area contributed by atoms with Crippen LogP contribution in [0.15, 0.2) is 108 Å². The molecule has 0 radical (unpaired) electrons. The summed E-state index contributed by atoms with van der Waals surface area (Å²) in [6, 6.07) is 30.6. The smallest absolute Gasteiger partial charge is 0.176 e. The molecule has 1 aliphatic heterocycles. The van der Waals surface area contributed by atoms with Gasteiger partial charge >= 0.3 is 0 Å². The number of hydrogen-bond acceptors (Lipinski definition) is 4. The molecule has 0 aromatic heterocycles. The first-order valence-corrected chi connectivity index (χ1v) is 10.6. The standard InChI is InChI=1S/C25H24O3S/c1-4-10-20(11-5-1)18-27-23-16-17-26-25(29-22-14-8-3-9-15-22)24(23)28-19-21-12-6-2-7-13-21/h1-17,23-25H,18-19H2/t23-,24+,25+/m0/s1. The van der Waals surface area contributed by atoms with E-state index in [1.54, 1.807) is 18.0 Å². The first kappa shape index (κ1) is 19.8. The molecule has 29 heavy (non-hydrogen) atoms. The molecule has 0 saturated carbocycles. The van der Waals surface area contributed by atoms with Gasteiger partial charge in [0.15, 0.2) is 5.44 Å². The van der Waals surface area contributed by atoms with Crippen molar-refractivity contribution in [2.75, 3.05) is 0 Å². The normalized spacial score (nSPS) is 20.9. The van der Waals surface area contributed by atoms with Gasteiger partial charge in [0, 0.05) is 4.90 Å². The quantitative estimate of drug-likeness (QED) is 0.473. The molecular weight excluding hydrogens is 380 g/mol. The predicted molar refractivity (Wildman–Crippen MR) is 116 cm³/mol. The molecule has 0 amide bonds. The van der Waals surface area contributed by atoms with Gasteiger partial charge in [-0.15, -0.1) is 0 Å². The SMILES string of the molecule is C1=C[C@H](OCc2ccccc2)[C@@H](OCc2ccccc2)[C@@H](Sc2ccccc2)O1. The van der Waals surface area contributed by atoms with Crippen molar-refractivity contribution in [3.8, 4) is 0 Å². The van der Waals surface area contributed by atoms with Crippen LogP contribution in [0.2, 0.25) is 0 Å². The number of ether oxygens (including phenoxy) is 3. The van der Waals surface area contributed by atoms with Crippen molar-refractivity contribution >= 4 is 11.8 Å². The molecule has 148 valence electrons. The maximum atomic E-state index is 6.33. The lowest BCUT2D eigenvalue weighted by Crippen LogP contribution is -2.42. The van der Waals surface area contributed by atoms with E-state index in [1.807, 2.05) is 60.7 Å². The second kappa shape index (κ2) is 10.3. The fourth-order valence-corrected chi connectivity index (χ4v) is 4.20. The van der Waals surface area contributed by atoms with E-state index < -0.39 is 0 Å². The second-order valence-corrected chi connectivity index (χ2v) is 7.96. The minimum atomic E-state index is -0.228. The summed E-state index contributed by atoms with van der Waals surface area (Å²) in [6.45, 7) is 1.05. The summed E-state index contributed by atoms with van der Waals surface area (Å²) >= 11 is 1.65. The van der Waals surface area contributed by atoms with Crippen molar-refractivity contribution in [1.82, 2.24) is 0 Å². The Hall–Kier alpha value is -2.53. The van der Waals surface area contributed by atoms with Crippen LogP contribution in [0.25, 0.3) is 0 Å². The van der Waals surface area contributed by atoms with E-state index >= 15 is 0 Å². The number of thioether (sulfide) groups is 1. The third-order valence-corrected chi connectivity index (χ3v) is 5.79. The van der Waals surface area contributed by atoms with Gasteiger partial charge in [-0.3, -0.25) is 0 Å². The van der Waals surface area contributed by atoms with Crippen LogP contribution in [0.4, 0.5) is 0 Å². The maximum Gasteiger partial charge on any atom is 0.176 e. The van der Waals surface area contributed by atoms with Crippen molar-refractivity contribution < 1.29 is 14.2 Å². The van der Waals surface area contributed by atoms with Gasteiger partial charge in [-0.05, 0) is 29.3 Å². The van der Waals surface area contributed by atoms with Gasteiger partial charge in [-0.25, -0.2) is 0 Å². The van der Waals surface area contributed by atoms with Gasteiger partial charge in [0.05, 0.1) is 19.5 Å². The Morgan fingerprint density at radius 1 is 0.690 bits per heavy atom. The molecule has 0 unspecified atom stereocenters. The van der Waals surface area contributed by atoms with Gasteiger partial charge < -0.3 is 14.2 Å². The molecule has 3 aromatic carbocycles. The van der Waals surface area contributed by atoms with E-state index in [2.05, 4.69) is 36.4 Å². The van der Waals surface area contributed by atoms with Crippen LogP contribution >= 0.6 is 11.8 Å². The van der Waals surface area contributed by atoms with E-state index in [4.69, 9.17) is 14.2 Å². The molecule has 0 fully saturated rings. The van der Waals surface area contributed by atoms with Crippen LogP contribution in [0.1, 0.15) is 11.1 Å². The van der Waals surface area contributed by atoms with Crippen molar-refractivity contribution in [2.45, 2.75) is 35.8 Å². The van der Waals surface area contributed by atoms with Gasteiger partial charge in [0.2, 0.25) is 0 Å². The minimum absolute atomic E-state index is 0.186. The first-order valence-electron chi connectivity index (χ1n) is 9.73. The lowest BCUT2D eigenvalue weighted by atomic mass is 10.1. The molecule has 0 N–H and O–H groups in total. The van der Waals surface area contributed by atoms with Gasteiger partial charge in [-0.2, -0.15) is 0 Å². The van der Waals surface area contributed by atoms with Crippen molar-refractivity contribution in [3.05, 3.63) is 114 Å². The Morgan fingerprint density at radius 3 is 1.86 bits per heavy atom. The summed E-state index contributed by atoms with van der Waals surface area (Å²) in [5.41, 5.74) is 2.08. The van der Waals surface area contributed by atoms with Crippen molar-refractivity contribution in [2.24, 2.45) is 0 Å². The van der Waals surface area contributed by atoms with Crippen LogP contribution in [-0.2, 0) is 27.4 Å². The first-order chi connectivity index (χ1) is 14.4. The molecule has 0 saturated heterocycles. The Balaban J connectivity index is 1.47. The lowest BCUT2D eigenvalue weighted by molar-refractivity contribution is -0.106. The monoisotopic (exact) mass is 404 g/mol. The molecule has 4 heteroatoms. The summed E-state index contributed by atoms with van der Waals surface area (Å²) in [5, 5.41) is 0. The van der Waals surface area contributed by atoms with Crippen LogP contribution in [0.3, 0.4) is 0 Å². The highest BCUT2D eigenvalue weighted by atomic mass is 32.2. The van der Waals surface area contributed by atoms with E-state index in [-0.39, 0.29) is 17.6 Å². The van der Waals surface area contributed by atoms with Crippen LogP contribution in [-0.4, -0.2) is 17.6 Å². The minimum Gasteiger partial charge on any atom is -0.484 e. The number of benzene rings is 3. The molecule has 3 nitrogen and oxygen atoms in total. The second-order valence-electron chi connectivity index (χ2n) is 6.79. The van der Waals surface area contributed by atoms with E-state index in [1.165, 1.54) is 0 Å². The Morgan fingerprint density at radius 2 is 1.24 bits per heavy atom. The summed E-state index contributed by atoms with van der Waals surface area (Å²) in [4.78, 5) is 1.14. The summed E-state index contributed by atoms with van der Waals surface area (Å²) in [7, 11) is 0. The zero-order chi connectivity index (χ0) is 19.7. The van der Waals surface area contributed by atoms with Gasteiger partial charge in [-0.1, -0.05) is 90.6 Å². The fraction of sp³-hybridized carbons (Fsp3) is 0.200. The zero-order valence-electron chi connectivity index (χ0n) is 16.1. The third-order valence-electron chi connectivity index (χ3n) is 4.64. The number of hydrogen-bond donors (Lipinski definition) is 0. The molecule has 3 atom stereocenters. The topological polar surface area (TPSA) is 27.7 Å². The van der Waals surface area contributed by atoms with Crippen LogP contribution in [0.5, 0.6) is 0 Å². The Labute approximate surface area is 176 Å². The van der Waals surface area contributed by atoms with Crippen molar-refractivity contribution in [3.63, 3.8) is 0 Å². The summed E-state index contributed by atoms with van der Waals surface area (Å²) in [6.07, 6.45) is 3.27. The van der Waals surface area contributed by atoms with Gasteiger partial charge in [0.1, 0.15) is 12.2 Å². The Bertz CT molecular complexity index is 884. The molecule has 4 rings (SSSR count). The van der Waals surface area contributed by atoms with Gasteiger partial charge in [0.25, 0.3) is 0 Å². The average Bonchev–Trinajstić information content (AvgIpc) is 2.79. The molecule has 3 aromatic rings. The molecule has 1 aliphatic rings. The fourth-order valence-electron chi connectivity index (χ4n) is 3.13. The van der Waals surface area contributed by atoms with Crippen LogP contribution < -0.4 is 0 Å². The highest BCUT2D eigenvalue weighted by Crippen LogP contribution is 2.33. The molecule has 0 aliphatic carbocycles. The zero-order valence-corrected chi connectivity index (χ0v) is 16.9. The average molecular weight is 405 g/mol. The molecule has 0 bridgehead atoms. The van der Waals surface area contributed by atoms with E-state index in [0.29, 0.717) is 13.2 Å². The third kappa shape index (κ3) is 5.73.